The second-order valence-corrected chi connectivity index (χ2v) is 8.62. The van der Waals surface area contributed by atoms with E-state index in [4.69, 9.17) is 11.6 Å². The molecule has 0 saturated carbocycles. The molecule has 3 rings (SSSR count). The summed E-state index contributed by atoms with van der Waals surface area (Å²) in [4.78, 5) is 0.812. The molecule has 0 fully saturated rings. The first-order valence-electron chi connectivity index (χ1n) is 9.60. The summed E-state index contributed by atoms with van der Waals surface area (Å²) in [7, 11) is -1.38. The highest BCUT2D eigenvalue weighted by molar-refractivity contribution is 7.86. The van der Waals surface area contributed by atoms with Crippen molar-refractivity contribution < 1.29 is 4.21 Å². The molecular formula is C24H26ClNOS. The largest absolute Gasteiger partial charge is 0.301 e. The minimum absolute atomic E-state index is 0.706. The van der Waals surface area contributed by atoms with Crippen molar-refractivity contribution in [2.75, 3.05) is 4.72 Å². The first-order chi connectivity index (χ1) is 13.4. The van der Waals surface area contributed by atoms with E-state index in [1.807, 2.05) is 31.2 Å². The van der Waals surface area contributed by atoms with Crippen molar-refractivity contribution in [3.63, 3.8) is 0 Å². The Balaban J connectivity index is 2.09. The third kappa shape index (κ3) is 4.48. The highest BCUT2D eigenvalue weighted by atomic mass is 35.5. The fraction of sp³-hybridized carbons (Fsp3) is 0.250. The molecule has 0 aliphatic heterocycles. The maximum atomic E-state index is 13.3. The van der Waals surface area contributed by atoms with E-state index < -0.39 is 11.0 Å². The molecule has 3 aromatic rings. The van der Waals surface area contributed by atoms with Crippen molar-refractivity contribution >= 4 is 28.3 Å². The molecule has 0 amide bonds. The van der Waals surface area contributed by atoms with E-state index in [2.05, 4.69) is 55.8 Å². The Hall–Kier alpha value is -2.10. The van der Waals surface area contributed by atoms with Crippen LogP contribution in [-0.4, -0.2) is 4.21 Å². The number of hydrogen-bond acceptors (Lipinski definition) is 1. The Labute approximate surface area is 175 Å². The van der Waals surface area contributed by atoms with Crippen molar-refractivity contribution in [2.45, 2.75) is 45.4 Å². The molecular weight excluding hydrogens is 386 g/mol. The summed E-state index contributed by atoms with van der Waals surface area (Å²) in [5, 5.41) is 0.706. The molecule has 0 saturated heterocycles. The zero-order chi connectivity index (χ0) is 20.3. The third-order valence-electron chi connectivity index (χ3n) is 4.96. The number of rotatable bonds is 6. The Bertz CT molecular complexity index is 1030. The monoisotopic (exact) mass is 411 g/mol. The average Bonchev–Trinajstić information content (AvgIpc) is 2.69. The van der Waals surface area contributed by atoms with Crippen LogP contribution in [0.25, 0.3) is 11.1 Å². The standard InChI is InChI=1S/C24H26ClNOS/c1-5-18-14-22(20-9-7-8-16(3)12-20)24(15-19(18)6-2)28(27)26-21-10-11-23(25)17(4)13-21/h7-15,26H,5-6H2,1-4H3. The van der Waals surface area contributed by atoms with Crippen LogP contribution >= 0.6 is 11.6 Å². The van der Waals surface area contributed by atoms with E-state index in [-0.39, 0.29) is 0 Å². The van der Waals surface area contributed by atoms with Gasteiger partial charge >= 0.3 is 0 Å². The Morgan fingerprint density at radius 2 is 1.64 bits per heavy atom. The van der Waals surface area contributed by atoms with Gasteiger partial charge in [0.2, 0.25) is 0 Å². The van der Waals surface area contributed by atoms with Gasteiger partial charge in [-0.05, 0) is 84.8 Å². The van der Waals surface area contributed by atoms with Crippen LogP contribution in [0.2, 0.25) is 5.02 Å². The molecule has 0 radical (unpaired) electrons. The predicted molar refractivity (Wildman–Crippen MR) is 122 cm³/mol. The fourth-order valence-corrected chi connectivity index (χ4v) is 4.58. The number of aryl methyl sites for hydroxylation is 4. The summed E-state index contributed by atoms with van der Waals surface area (Å²) in [6, 6.07) is 18.3. The molecule has 28 heavy (non-hydrogen) atoms. The second-order valence-electron chi connectivity index (χ2n) is 7.03. The van der Waals surface area contributed by atoms with Crippen LogP contribution < -0.4 is 4.72 Å². The van der Waals surface area contributed by atoms with Crippen molar-refractivity contribution in [3.8, 4) is 11.1 Å². The number of anilines is 1. The van der Waals surface area contributed by atoms with Gasteiger partial charge in [-0.3, -0.25) is 0 Å². The Morgan fingerprint density at radius 3 is 2.29 bits per heavy atom. The molecule has 4 heteroatoms. The molecule has 0 spiro atoms. The van der Waals surface area contributed by atoms with Gasteiger partial charge in [0.1, 0.15) is 0 Å². The van der Waals surface area contributed by atoms with Crippen LogP contribution in [0.5, 0.6) is 0 Å². The lowest BCUT2D eigenvalue weighted by Crippen LogP contribution is -2.08. The minimum atomic E-state index is -1.38. The molecule has 3 aromatic carbocycles. The van der Waals surface area contributed by atoms with E-state index in [0.29, 0.717) is 5.02 Å². The molecule has 0 aliphatic rings. The first-order valence-corrected chi connectivity index (χ1v) is 11.1. The first kappa shape index (κ1) is 20.6. The van der Waals surface area contributed by atoms with Crippen LogP contribution in [0.4, 0.5) is 5.69 Å². The molecule has 2 nitrogen and oxygen atoms in total. The quantitative estimate of drug-likeness (QED) is 0.470. The minimum Gasteiger partial charge on any atom is -0.301 e. The average molecular weight is 412 g/mol. The van der Waals surface area contributed by atoms with Gasteiger partial charge in [0.05, 0.1) is 4.90 Å². The Morgan fingerprint density at radius 1 is 0.929 bits per heavy atom. The van der Waals surface area contributed by atoms with Gasteiger partial charge in [-0.25, -0.2) is 4.21 Å². The van der Waals surface area contributed by atoms with Crippen LogP contribution in [0.3, 0.4) is 0 Å². The lowest BCUT2D eigenvalue weighted by atomic mass is 9.96. The predicted octanol–water partition coefficient (Wildman–Crippen LogP) is 6.88. The number of benzene rings is 3. The van der Waals surface area contributed by atoms with Gasteiger partial charge in [0, 0.05) is 10.7 Å². The topological polar surface area (TPSA) is 29.1 Å². The van der Waals surface area contributed by atoms with Crippen LogP contribution in [0.1, 0.15) is 36.1 Å². The third-order valence-corrected chi connectivity index (χ3v) is 6.54. The summed E-state index contributed by atoms with van der Waals surface area (Å²) in [6.07, 6.45) is 1.88. The molecule has 0 aromatic heterocycles. The van der Waals surface area contributed by atoms with Crippen LogP contribution in [0.15, 0.2) is 59.5 Å². The van der Waals surface area contributed by atoms with Crippen LogP contribution in [-0.2, 0) is 23.8 Å². The lowest BCUT2D eigenvalue weighted by Gasteiger charge is -2.16. The van der Waals surface area contributed by atoms with Crippen molar-refractivity contribution in [1.82, 2.24) is 0 Å². The van der Waals surface area contributed by atoms with Crippen LogP contribution in [0, 0.1) is 13.8 Å². The number of nitrogens with one attached hydrogen (secondary N) is 1. The maximum absolute atomic E-state index is 13.3. The van der Waals surface area contributed by atoms with Gasteiger partial charge in [-0.2, -0.15) is 0 Å². The molecule has 1 unspecified atom stereocenters. The lowest BCUT2D eigenvalue weighted by molar-refractivity contribution is 0.686. The highest BCUT2D eigenvalue weighted by Crippen LogP contribution is 2.32. The zero-order valence-corrected chi connectivity index (χ0v) is 18.4. The summed E-state index contributed by atoms with van der Waals surface area (Å²) in [5.41, 5.74) is 7.61. The smallest absolute Gasteiger partial charge is 0.150 e. The SMILES string of the molecule is CCc1cc(-c2cccc(C)c2)c(S(=O)Nc2ccc(Cl)c(C)c2)cc1CC. The Kier molecular flexibility index (Phi) is 6.58. The van der Waals surface area contributed by atoms with Gasteiger partial charge in [0.25, 0.3) is 0 Å². The number of hydrogen-bond donors (Lipinski definition) is 1. The molecule has 0 bridgehead atoms. The fourth-order valence-electron chi connectivity index (χ4n) is 3.39. The van der Waals surface area contributed by atoms with E-state index in [9.17, 15) is 4.21 Å². The van der Waals surface area contributed by atoms with Crippen molar-refractivity contribution in [2.24, 2.45) is 0 Å². The summed E-state index contributed by atoms with van der Waals surface area (Å²) in [6.45, 7) is 8.33. The van der Waals surface area contributed by atoms with Gasteiger partial charge < -0.3 is 4.72 Å². The summed E-state index contributed by atoms with van der Waals surface area (Å²) < 4.78 is 16.5. The van der Waals surface area contributed by atoms with Crippen molar-refractivity contribution in [3.05, 3.63) is 81.9 Å². The summed E-state index contributed by atoms with van der Waals surface area (Å²) >= 11 is 6.12. The molecule has 1 N–H and O–H groups in total. The van der Waals surface area contributed by atoms with Gasteiger partial charge in [-0.15, -0.1) is 0 Å². The van der Waals surface area contributed by atoms with E-state index >= 15 is 0 Å². The molecule has 146 valence electrons. The van der Waals surface area contributed by atoms with E-state index in [1.165, 1.54) is 16.7 Å². The van der Waals surface area contributed by atoms with Gasteiger partial charge in [-0.1, -0.05) is 55.3 Å². The normalized spacial score (nSPS) is 12.0. The van der Waals surface area contributed by atoms with E-state index in [1.54, 1.807) is 0 Å². The molecule has 0 aliphatic carbocycles. The second kappa shape index (κ2) is 8.93. The van der Waals surface area contributed by atoms with E-state index in [0.717, 1.165) is 40.1 Å². The maximum Gasteiger partial charge on any atom is 0.150 e. The molecule has 1 atom stereocenters. The molecule has 0 heterocycles. The van der Waals surface area contributed by atoms with Gasteiger partial charge in [0.15, 0.2) is 11.0 Å². The highest BCUT2D eigenvalue weighted by Gasteiger charge is 2.16. The zero-order valence-electron chi connectivity index (χ0n) is 16.8. The summed E-state index contributed by atoms with van der Waals surface area (Å²) in [5.74, 6) is 0. The van der Waals surface area contributed by atoms with Crippen molar-refractivity contribution in [1.29, 1.82) is 0 Å². The number of halogens is 1.